The number of rotatable bonds is 4. The maximum Gasteiger partial charge on any atom is 0.253 e. The molecule has 2 aromatic rings. The van der Waals surface area contributed by atoms with Crippen molar-refractivity contribution in [1.29, 1.82) is 0 Å². The molecule has 8 heteroatoms. The van der Waals surface area contributed by atoms with Crippen molar-refractivity contribution >= 4 is 11.6 Å². The number of aromatic nitrogens is 5. The molecule has 1 amide bonds. The molecule has 0 aromatic carbocycles. The lowest BCUT2D eigenvalue weighted by Crippen LogP contribution is -2.31. The van der Waals surface area contributed by atoms with Gasteiger partial charge in [0.15, 0.2) is 5.82 Å². The number of carbonyl (C=O) groups is 1. The van der Waals surface area contributed by atoms with E-state index in [2.05, 4.69) is 25.2 Å². The number of nitrogens with one attached hydrogen (secondary N) is 1. The quantitative estimate of drug-likeness (QED) is 0.911. The average Bonchev–Trinajstić information content (AvgIpc) is 3.29. The molecule has 128 valence electrons. The predicted molar refractivity (Wildman–Crippen MR) is 86.4 cm³/mol. The zero-order valence-corrected chi connectivity index (χ0v) is 13.8. The molecule has 0 aliphatic carbocycles. The van der Waals surface area contributed by atoms with Gasteiger partial charge in [0.1, 0.15) is 18.5 Å². The number of ether oxygens (including phenoxy) is 1. The molecule has 2 aliphatic rings. The lowest BCUT2D eigenvalue weighted by atomic mass is 10.0. The average molecular weight is 330 g/mol. The molecule has 1 fully saturated rings. The van der Waals surface area contributed by atoms with Crippen LogP contribution in [-0.2, 0) is 29.0 Å². The monoisotopic (exact) mass is 330 g/mol. The van der Waals surface area contributed by atoms with Crippen LogP contribution in [0.1, 0.15) is 37.8 Å². The molecule has 0 bridgehead atoms. The summed E-state index contributed by atoms with van der Waals surface area (Å²) in [6.07, 6.45) is 7.38. The molecule has 0 radical (unpaired) electrons. The SMILES string of the molecule is C[C@@H]1CCO[C@@H]1C(=O)Nc1cnn(Cc2nnc3n2CCCC3)c1. The highest BCUT2D eigenvalue weighted by Gasteiger charge is 2.31. The van der Waals surface area contributed by atoms with E-state index in [0.29, 0.717) is 18.8 Å². The first-order valence-corrected chi connectivity index (χ1v) is 8.56. The van der Waals surface area contributed by atoms with Gasteiger partial charge in [0.25, 0.3) is 5.91 Å². The van der Waals surface area contributed by atoms with Crippen LogP contribution >= 0.6 is 0 Å². The highest BCUT2D eigenvalue weighted by Crippen LogP contribution is 2.21. The smallest absolute Gasteiger partial charge is 0.253 e. The zero-order chi connectivity index (χ0) is 16.5. The van der Waals surface area contributed by atoms with Crippen LogP contribution in [0.5, 0.6) is 0 Å². The van der Waals surface area contributed by atoms with E-state index in [9.17, 15) is 4.79 Å². The van der Waals surface area contributed by atoms with Gasteiger partial charge in [-0.2, -0.15) is 5.10 Å². The Bertz CT molecular complexity index is 737. The van der Waals surface area contributed by atoms with Gasteiger partial charge < -0.3 is 14.6 Å². The van der Waals surface area contributed by atoms with E-state index >= 15 is 0 Å². The summed E-state index contributed by atoms with van der Waals surface area (Å²) in [6, 6.07) is 0. The highest BCUT2D eigenvalue weighted by atomic mass is 16.5. The van der Waals surface area contributed by atoms with Crippen LogP contribution in [0.15, 0.2) is 12.4 Å². The highest BCUT2D eigenvalue weighted by molar-refractivity contribution is 5.94. The van der Waals surface area contributed by atoms with E-state index < -0.39 is 0 Å². The minimum absolute atomic E-state index is 0.0978. The molecule has 2 aliphatic heterocycles. The molecule has 0 unspecified atom stereocenters. The van der Waals surface area contributed by atoms with Gasteiger partial charge in [-0.25, -0.2) is 0 Å². The summed E-state index contributed by atoms with van der Waals surface area (Å²) in [5.41, 5.74) is 0.682. The van der Waals surface area contributed by atoms with Crippen LogP contribution in [0, 0.1) is 5.92 Å². The van der Waals surface area contributed by atoms with Crippen molar-refractivity contribution in [2.45, 2.75) is 51.8 Å². The van der Waals surface area contributed by atoms with Gasteiger partial charge in [-0.05, 0) is 25.2 Å². The lowest BCUT2D eigenvalue weighted by molar-refractivity contribution is -0.126. The summed E-state index contributed by atoms with van der Waals surface area (Å²) in [5.74, 6) is 2.13. The summed E-state index contributed by atoms with van der Waals surface area (Å²) in [7, 11) is 0. The molecular formula is C16H22N6O2. The number of hydrogen-bond acceptors (Lipinski definition) is 5. The number of aryl methyl sites for hydroxylation is 1. The summed E-state index contributed by atoms with van der Waals surface area (Å²) < 4.78 is 9.45. The van der Waals surface area contributed by atoms with Gasteiger partial charge in [-0.15, -0.1) is 10.2 Å². The van der Waals surface area contributed by atoms with E-state index in [1.807, 2.05) is 13.1 Å². The number of carbonyl (C=O) groups excluding carboxylic acids is 1. The van der Waals surface area contributed by atoms with Crippen molar-refractivity contribution in [2.75, 3.05) is 11.9 Å². The second-order valence-electron chi connectivity index (χ2n) is 6.61. The van der Waals surface area contributed by atoms with E-state index in [4.69, 9.17) is 4.74 Å². The fourth-order valence-corrected chi connectivity index (χ4v) is 3.39. The third-order valence-electron chi connectivity index (χ3n) is 4.79. The Morgan fingerprint density at radius 1 is 1.42 bits per heavy atom. The molecule has 2 atom stereocenters. The Hall–Kier alpha value is -2.22. The minimum atomic E-state index is -0.364. The first-order chi connectivity index (χ1) is 11.7. The van der Waals surface area contributed by atoms with Gasteiger partial charge >= 0.3 is 0 Å². The lowest BCUT2D eigenvalue weighted by Gasteiger charge is -2.14. The summed E-state index contributed by atoms with van der Waals surface area (Å²) in [6.45, 7) is 4.21. The summed E-state index contributed by atoms with van der Waals surface area (Å²) >= 11 is 0. The number of amides is 1. The van der Waals surface area contributed by atoms with Crippen LogP contribution < -0.4 is 5.32 Å². The Morgan fingerprint density at radius 2 is 2.33 bits per heavy atom. The maximum atomic E-state index is 12.2. The number of nitrogens with zero attached hydrogens (tertiary/aromatic N) is 5. The van der Waals surface area contributed by atoms with Crippen molar-refractivity contribution < 1.29 is 9.53 Å². The van der Waals surface area contributed by atoms with Gasteiger partial charge in [0.2, 0.25) is 0 Å². The fourth-order valence-electron chi connectivity index (χ4n) is 3.39. The maximum absolute atomic E-state index is 12.2. The number of anilines is 1. The first-order valence-electron chi connectivity index (χ1n) is 8.56. The van der Waals surface area contributed by atoms with Crippen LogP contribution in [0.3, 0.4) is 0 Å². The molecule has 4 rings (SSSR count). The molecule has 8 nitrogen and oxygen atoms in total. The number of fused-ring (bicyclic) bond motifs is 1. The van der Waals surface area contributed by atoms with Crippen LogP contribution in [0.2, 0.25) is 0 Å². The molecule has 1 saturated heterocycles. The molecule has 2 aromatic heterocycles. The topological polar surface area (TPSA) is 86.9 Å². The molecular weight excluding hydrogens is 308 g/mol. The van der Waals surface area contributed by atoms with Gasteiger partial charge in [-0.3, -0.25) is 9.48 Å². The normalized spacial score (nSPS) is 23.2. The first kappa shape index (κ1) is 15.3. The Balaban J connectivity index is 1.41. The van der Waals surface area contributed by atoms with Gasteiger partial charge in [0.05, 0.1) is 11.9 Å². The van der Waals surface area contributed by atoms with E-state index in [0.717, 1.165) is 37.5 Å². The van der Waals surface area contributed by atoms with Gasteiger partial charge in [-0.1, -0.05) is 6.92 Å². The summed E-state index contributed by atoms with van der Waals surface area (Å²) in [5, 5.41) is 15.7. The molecule has 4 heterocycles. The third-order valence-corrected chi connectivity index (χ3v) is 4.79. The standard InChI is InChI=1S/C16H22N6O2/c1-11-5-7-24-15(11)16(23)18-12-8-17-21(9-12)10-14-20-19-13-4-2-3-6-22(13)14/h8-9,11,15H,2-7,10H2,1H3,(H,18,23)/t11-,15+/m1/s1. The zero-order valence-electron chi connectivity index (χ0n) is 13.8. The Kier molecular flexibility index (Phi) is 4.05. The molecule has 0 spiro atoms. The second-order valence-corrected chi connectivity index (χ2v) is 6.61. The van der Waals surface area contributed by atoms with Crippen LogP contribution in [0.25, 0.3) is 0 Å². The fraction of sp³-hybridized carbons (Fsp3) is 0.625. The van der Waals surface area contributed by atoms with Crippen molar-refractivity contribution in [3.63, 3.8) is 0 Å². The molecule has 0 saturated carbocycles. The largest absolute Gasteiger partial charge is 0.368 e. The van der Waals surface area contributed by atoms with Crippen LogP contribution in [0.4, 0.5) is 5.69 Å². The summed E-state index contributed by atoms with van der Waals surface area (Å²) in [4.78, 5) is 12.2. The third kappa shape index (κ3) is 2.93. The molecule has 24 heavy (non-hydrogen) atoms. The minimum Gasteiger partial charge on any atom is -0.368 e. The second kappa shape index (κ2) is 6.35. The van der Waals surface area contributed by atoms with E-state index in [-0.39, 0.29) is 17.9 Å². The Morgan fingerprint density at radius 3 is 3.17 bits per heavy atom. The Labute approximate surface area is 140 Å². The van der Waals surface area contributed by atoms with Crippen molar-refractivity contribution in [3.05, 3.63) is 24.0 Å². The van der Waals surface area contributed by atoms with Crippen LogP contribution in [-0.4, -0.2) is 43.2 Å². The molecule has 1 N–H and O–H groups in total. The van der Waals surface area contributed by atoms with Crippen molar-refractivity contribution in [3.8, 4) is 0 Å². The van der Waals surface area contributed by atoms with E-state index in [1.165, 1.54) is 6.42 Å². The van der Waals surface area contributed by atoms with E-state index in [1.54, 1.807) is 10.9 Å². The predicted octanol–water partition coefficient (Wildman–Crippen LogP) is 1.22. The van der Waals surface area contributed by atoms with Crippen molar-refractivity contribution in [2.24, 2.45) is 5.92 Å². The van der Waals surface area contributed by atoms with Gasteiger partial charge in [0, 0.05) is 25.8 Å². The number of hydrogen-bond donors (Lipinski definition) is 1. The van der Waals surface area contributed by atoms with Crippen molar-refractivity contribution in [1.82, 2.24) is 24.5 Å².